The molecule has 0 unspecified atom stereocenters. The lowest BCUT2D eigenvalue weighted by molar-refractivity contribution is 0.120. The van der Waals surface area contributed by atoms with Gasteiger partial charge in [-0.3, -0.25) is 0 Å². The Balaban J connectivity index is 2.28. The van der Waals surface area contributed by atoms with Gasteiger partial charge in [0.25, 0.3) is 0 Å². The fourth-order valence-electron chi connectivity index (χ4n) is 0.851. The molecule has 0 aromatic carbocycles. The highest BCUT2D eigenvalue weighted by Crippen LogP contribution is 2.08. The Morgan fingerprint density at radius 3 is 3.22 bits per heavy atom. The van der Waals surface area contributed by atoms with Crippen LogP contribution in [0.25, 0.3) is 0 Å². The monoisotopic (exact) mass is 128 g/mol. The van der Waals surface area contributed by atoms with Crippen LogP contribution >= 0.6 is 0 Å². The van der Waals surface area contributed by atoms with Gasteiger partial charge in [-0.1, -0.05) is 0 Å². The van der Waals surface area contributed by atoms with E-state index >= 15 is 0 Å². The maximum Gasteiger partial charge on any atom is 0.118 e. The number of hydrogen-bond donors (Lipinski definition) is 0. The smallest absolute Gasteiger partial charge is 0.118 e. The molecule has 0 fully saturated rings. The first-order valence-corrected chi connectivity index (χ1v) is 3.24. The summed E-state index contributed by atoms with van der Waals surface area (Å²) in [6.07, 6.45) is 4.37. The van der Waals surface area contributed by atoms with E-state index in [0.29, 0.717) is 6.61 Å². The molecule has 0 atom stereocenters. The van der Waals surface area contributed by atoms with Gasteiger partial charge in [-0.15, -0.1) is 0 Å². The largest absolute Gasteiger partial charge is 0.496 e. The molecule has 0 saturated carbocycles. The number of ether oxygens (including phenoxy) is 2. The van der Waals surface area contributed by atoms with Crippen molar-refractivity contribution < 1.29 is 9.47 Å². The first-order valence-electron chi connectivity index (χ1n) is 3.24. The molecule has 0 amide bonds. The van der Waals surface area contributed by atoms with Crippen molar-refractivity contribution in [1.29, 1.82) is 0 Å². The SMILES string of the molecule is COCC1=CCCCO1. The first-order chi connectivity index (χ1) is 4.43. The van der Waals surface area contributed by atoms with E-state index in [1.54, 1.807) is 7.11 Å². The Morgan fingerprint density at radius 2 is 2.67 bits per heavy atom. The van der Waals surface area contributed by atoms with Crippen LogP contribution in [0.3, 0.4) is 0 Å². The molecule has 52 valence electrons. The molecule has 1 rings (SSSR count). The van der Waals surface area contributed by atoms with Crippen molar-refractivity contribution >= 4 is 0 Å². The van der Waals surface area contributed by atoms with Gasteiger partial charge in [0.1, 0.15) is 12.4 Å². The standard InChI is InChI=1S/C7H12O2/c1-8-6-7-4-2-3-5-9-7/h4H,2-3,5-6H2,1H3. The van der Waals surface area contributed by atoms with Gasteiger partial charge in [0.15, 0.2) is 0 Å². The van der Waals surface area contributed by atoms with Gasteiger partial charge in [-0.2, -0.15) is 0 Å². The Morgan fingerprint density at radius 1 is 1.78 bits per heavy atom. The number of allylic oxidation sites excluding steroid dienone is 1. The predicted octanol–water partition coefficient (Wildman–Crippen LogP) is 1.33. The van der Waals surface area contributed by atoms with Gasteiger partial charge in [0.05, 0.1) is 6.61 Å². The van der Waals surface area contributed by atoms with E-state index in [2.05, 4.69) is 6.08 Å². The summed E-state index contributed by atoms with van der Waals surface area (Å²) in [6, 6.07) is 0. The van der Waals surface area contributed by atoms with Crippen LogP contribution in [0.1, 0.15) is 12.8 Å². The summed E-state index contributed by atoms with van der Waals surface area (Å²) in [6.45, 7) is 1.48. The zero-order valence-electron chi connectivity index (χ0n) is 5.72. The predicted molar refractivity (Wildman–Crippen MR) is 35.1 cm³/mol. The van der Waals surface area contributed by atoms with Crippen molar-refractivity contribution in [1.82, 2.24) is 0 Å². The lowest BCUT2D eigenvalue weighted by Gasteiger charge is -2.13. The van der Waals surface area contributed by atoms with Crippen molar-refractivity contribution in [3.8, 4) is 0 Å². The Hall–Kier alpha value is -0.500. The second-order valence-corrected chi connectivity index (χ2v) is 2.09. The van der Waals surface area contributed by atoms with E-state index in [0.717, 1.165) is 25.2 Å². The van der Waals surface area contributed by atoms with E-state index in [9.17, 15) is 0 Å². The van der Waals surface area contributed by atoms with Gasteiger partial charge in [0, 0.05) is 7.11 Å². The second-order valence-electron chi connectivity index (χ2n) is 2.09. The molecule has 0 spiro atoms. The van der Waals surface area contributed by atoms with Crippen LogP contribution in [0, 0.1) is 0 Å². The maximum atomic E-state index is 5.25. The van der Waals surface area contributed by atoms with Crippen LogP contribution in [0.2, 0.25) is 0 Å². The molecule has 0 aromatic heterocycles. The number of hydrogen-bond acceptors (Lipinski definition) is 2. The molecule has 0 aromatic rings. The fourth-order valence-corrected chi connectivity index (χ4v) is 0.851. The molecule has 1 aliphatic rings. The van der Waals surface area contributed by atoms with Crippen LogP contribution in [-0.2, 0) is 9.47 Å². The molecule has 0 saturated heterocycles. The Kier molecular flexibility index (Phi) is 2.58. The van der Waals surface area contributed by atoms with Crippen molar-refractivity contribution in [3.05, 3.63) is 11.8 Å². The van der Waals surface area contributed by atoms with Crippen LogP contribution in [0.4, 0.5) is 0 Å². The van der Waals surface area contributed by atoms with Crippen molar-refractivity contribution in [3.63, 3.8) is 0 Å². The molecule has 2 heteroatoms. The molecule has 0 aliphatic carbocycles. The molecule has 1 aliphatic heterocycles. The zero-order chi connectivity index (χ0) is 6.53. The number of methoxy groups -OCH3 is 1. The van der Waals surface area contributed by atoms with Crippen LogP contribution in [0.5, 0.6) is 0 Å². The molecular formula is C7H12O2. The summed E-state index contributed by atoms with van der Waals surface area (Å²) < 4.78 is 10.1. The van der Waals surface area contributed by atoms with E-state index in [-0.39, 0.29) is 0 Å². The maximum absolute atomic E-state index is 5.25. The summed E-state index contributed by atoms with van der Waals surface area (Å²) >= 11 is 0. The quantitative estimate of drug-likeness (QED) is 0.558. The lowest BCUT2D eigenvalue weighted by Crippen LogP contribution is -2.05. The van der Waals surface area contributed by atoms with E-state index in [1.807, 2.05) is 0 Å². The Labute approximate surface area is 55.5 Å². The van der Waals surface area contributed by atoms with Gasteiger partial charge >= 0.3 is 0 Å². The average molecular weight is 128 g/mol. The highest BCUT2D eigenvalue weighted by atomic mass is 16.5. The molecule has 0 radical (unpaired) electrons. The van der Waals surface area contributed by atoms with Crippen LogP contribution < -0.4 is 0 Å². The summed E-state index contributed by atoms with van der Waals surface area (Å²) in [5, 5.41) is 0. The van der Waals surface area contributed by atoms with Gasteiger partial charge in [-0.25, -0.2) is 0 Å². The fraction of sp³-hybridized carbons (Fsp3) is 0.714. The summed E-state index contributed by atoms with van der Waals surface area (Å²) in [5.41, 5.74) is 0. The van der Waals surface area contributed by atoms with E-state index in [4.69, 9.17) is 9.47 Å². The first kappa shape index (κ1) is 6.62. The topological polar surface area (TPSA) is 18.5 Å². The molecule has 1 heterocycles. The number of rotatable bonds is 2. The molecule has 0 bridgehead atoms. The minimum absolute atomic E-state index is 0.625. The van der Waals surface area contributed by atoms with Crippen molar-refractivity contribution in [2.24, 2.45) is 0 Å². The Bertz CT molecular complexity index is 107. The minimum Gasteiger partial charge on any atom is -0.496 e. The third-order valence-corrected chi connectivity index (χ3v) is 1.29. The van der Waals surface area contributed by atoms with Crippen molar-refractivity contribution in [2.75, 3.05) is 20.3 Å². The second kappa shape index (κ2) is 3.51. The molecule has 9 heavy (non-hydrogen) atoms. The van der Waals surface area contributed by atoms with Gasteiger partial charge in [0.2, 0.25) is 0 Å². The van der Waals surface area contributed by atoms with Crippen LogP contribution in [0.15, 0.2) is 11.8 Å². The highest BCUT2D eigenvalue weighted by Gasteiger charge is 2.01. The van der Waals surface area contributed by atoms with E-state index in [1.165, 1.54) is 0 Å². The van der Waals surface area contributed by atoms with Gasteiger partial charge in [-0.05, 0) is 18.9 Å². The minimum atomic E-state index is 0.625. The summed E-state index contributed by atoms with van der Waals surface area (Å²) in [5.74, 6) is 0.990. The molecule has 0 N–H and O–H groups in total. The van der Waals surface area contributed by atoms with Crippen LogP contribution in [-0.4, -0.2) is 20.3 Å². The van der Waals surface area contributed by atoms with E-state index < -0.39 is 0 Å². The van der Waals surface area contributed by atoms with Crippen molar-refractivity contribution in [2.45, 2.75) is 12.8 Å². The third-order valence-electron chi connectivity index (χ3n) is 1.29. The van der Waals surface area contributed by atoms with Gasteiger partial charge < -0.3 is 9.47 Å². The normalized spacial score (nSPS) is 18.6. The third kappa shape index (κ3) is 2.06. The average Bonchev–Trinajstić information content (AvgIpc) is 1.91. The molecular weight excluding hydrogens is 116 g/mol. The highest BCUT2D eigenvalue weighted by molar-refractivity contribution is 4.95. The summed E-state index contributed by atoms with van der Waals surface area (Å²) in [4.78, 5) is 0. The lowest BCUT2D eigenvalue weighted by atomic mass is 10.2. The molecule has 2 nitrogen and oxygen atoms in total. The summed E-state index contributed by atoms with van der Waals surface area (Å²) in [7, 11) is 1.68. The zero-order valence-corrected chi connectivity index (χ0v) is 5.72.